The van der Waals surface area contributed by atoms with Crippen LogP contribution in [0.1, 0.15) is 29.3 Å². The van der Waals surface area contributed by atoms with Gasteiger partial charge in [-0.25, -0.2) is 0 Å². The van der Waals surface area contributed by atoms with Gasteiger partial charge in [-0.2, -0.15) is 0 Å². The van der Waals surface area contributed by atoms with E-state index in [0.717, 1.165) is 5.56 Å². The molecule has 1 rings (SSSR count). The molecule has 0 fully saturated rings. The molecule has 1 amide bonds. The summed E-state index contributed by atoms with van der Waals surface area (Å²) in [5.74, 6) is -0.331. The molecule has 6 heteroatoms. The highest BCUT2D eigenvalue weighted by molar-refractivity contribution is 5.95. The molecule has 1 unspecified atom stereocenters. The van der Waals surface area contributed by atoms with Gasteiger partial charge in [0.1, 0.15) is 0 Å². The van der Waals surface area contributed by atoms with Crippen LogP contribution in [-0.4, -0.2) is 37.2 Å². The van der Waals surface area contributed by atoms with E-state index >= 15 is 0 Å². The van der Waals surface area contributed by atoms with E-state index in [1.54, 1.807) is 25.1 Å². The lowest BCUT2D eigenvalue weighted by Crippen LogP contribution is -2.34. The van der Waals surface area contributed by atoms with Crippen LogP contribution in [0.5, 0.6) is 11.5 Å². The summed E-state index contributed by atoms with van der Waals surface area (Å²) in [5, 5.41) is 11.4. The average Bonchev–Trinajstić information content (AvgIpc) is 2.45. The van der Waals surface area contributed by atoms with Crippen LogP contribution >= 0.6 is 0 Å². The van der Waals surface area contributed by atoms with Crippen molar-refractivity contribution in [1.29, 1.82) is 0 Å². The lowest BCUT2D eigenvalue weighted by atomic mass is 10.0. The third kappa shape index (κ3) is 4.51. The summed E-state index contributed by atoms with van der Waals surface area (Å²) in [6.45, 7) is 5.32. The topological polar surface area (TPSA) is 84.9 Å². The molecule has 0 saturated heterocycles. The zero-order valence-electron chi connectivity index (χ0n) is 13.0. The molecular formula is C16H21NO5. The Bertz CT molecular complexity index is 568. The van der Waals surface area contributed by atoms with Crippen LogP contribution < -0.4 is 14.8 Å². The van der Waals surface area contributed by atoms with E-state index in [2.05, 4.69) is 11.9 Å². The largest absolute Gasteiger partial charge is 0.493 e. The Morgan fingerprint density at radius 3 is 2.55 bits per heavy atom. The Balaban J connectivity index is 3.08. The fraction of sp³-hybridized carbons (Fsp3) is 0.375. The maximum Gasteiger partial charge on any atom is 0.305 e. The van der Waals surface area contributed by atoms with Crippen molar-refractivity contribution < 1.29 is 24.2 Å². The molecule has 22 heavy (non-hydrogen) atoms. The SMILES string of the molecule is C=CCc1cc(C(=O)NC(C)CC(=O)O)cc(OC)c1OC. The fourth-order valence-electron chi connectivity index (χ4n) is 2.10. The number of rotatable bonds is 8. The van der Waals surface area contributed by atoms with Gasteiger partial charge >= 0.3 is 5.97 Å². The van der Waals surface area contributed by atoms with Gasteiger partial charge in [-0.05, 0) is 25.5 Å². The predicted octanol–water partition coefficient (Wildman–Crippen LogP) is 2.03. The van der Waals surface area contributed by atoms with Crippen LogP contribution in [0.4, 0.5) is 0 Å². The first-order valence-electron chi connectivity index (χ1n) is 6.81. The minimum Gasteiger partial charge on any atom is -0.493 e. The summed E-state index contributed by atoms with van der Waals surface area (Å²) >= 11 is 0. The lowest BCUT2D eigenvalue weighted by Gasteiger charge is -2.16. The van der Waals surface area contributed by atoms with Crippen LogP contribution in [0, 0.1) is 0 Å². The Labute approximate surface area is 129 Å². The van der Waals surface area contributed by atoms with Crippen molar-refractivity contribution >= 4 is 11.9 Å². The Morgan fingerprint density at radius 1 is 1.36 bits per heavy atom. The number of amides is 1. The van der Waals surface area contributed by atoms with E-state index in [4.69, 9.17) is 14.6 Å². The average molecular weight is 307 g/mol. The number of allylic oxidation sites excluding steroid dienone is 1. The molecule has 0 radical (unpaired) electrons. The lowest BCUT2D eigenvalue weighted by molar-refractivity contribution is -0.137. The number of ether oxygens (including phenoxy) is 2. The number of carbonyl (C=O) groups excluding carboxylic acids is 1. The summed E-state index contributed by atoms with van der Waals surface area (Å²) in [5.41, 5.74) is 1.15. The van der Waals surface area contributed by atoms with Crippen LogP contribution in [0.25, 0.3) is 0 Å². The van der Waals surface area contributed by atoms with E-state index in [9.17, 15) is 9.59 Å². The molecule has 0 aliphatic carbocycles. The summed E-state index contributed by atoms with van der Waals surface area (Å²) in [4.78, 5) is 22.9. The van der Waals surface area contributed by atoms with E-state index < -0.39 is 12.0 Å². The first kappa shape index (κ1) is 17.6. The highest BCUT2D eigenvalue weighted by Gasteiger charge is 2.17. The number of methoxy groups -OCH3 is 2. The second-order valence-electron chi connectivity index (χ2n) is 4.84. The highest BCUT2D eigenvalue weighted by atomic mass is 16.5. The number of aliphatic carboxylic acids is 1. The number of nitrogens with one attached hydrogen (secondary N) is 1. The van der Waals surface area contributed by atoms with Crippen LogP contribution in [0.3, 0.4) is 0 Å². The third-order valence-electron chi connectivity index (χ3n) is 3.04. The highest BCUT2D eigenvalue weighted by Crippen LogP contribution is 2.33. The number of hydrogen-bond acceptors (Lipinski definition) is 4. The number of carboxylic acids is 1. The number of carbonyl (C=O) groups is 2. The Morgan fingerprint density at radius 2 is 2.05 bits per heavy atom. The van der Waals surface area contributed by atoms with Crippen molar-refractivity contribution in [3.63, 3.8) is 0 Å². The number of carboxylic acid groups (broad SMARTS) is 1. The van der Waals surface area contributed by atoms with Gasteiger partial charge < -0.3 is 19.9 Å². The van der Waals surface area contributed by atoms with E-state index in [1.807, 2.05) is 0 Å². The molecule has 0 saturated carbocycles. The molecule has 120 valence electrons. The Kier molecular flexibility index (Phi) is 6.44. The summed E-state index contributed by atoms with van der Waals surface area (Å²) in [7, 11) is 3.02. The van der Waals surface area contributed by atoms with Crippen molar-refractivity contribution in [2.45, 2.75) is 25.8 Å². The first-order chi connectivity index (χ1) is 10.4. The molecule has 0 aliphatic heterocycles. The normalized spacial score (nSPS) is 11.4. The van der Waals surface area contributed by atoms with Crippen LogP contribution in [-0.2, 0) is 11.2 Å². The number of benzene rings is 1. The quantitative estimate of drug-likeness (QED) is 0.718. The standard InChI is InChI=1S/C16H21NO5/c1-5-6-11-8-12(9-13(21-3)15(11)22-4)16(20)17-10(2)7-14(18)19/h5,8-10H,1,6-7H2,2-4H3,(H,17,20)(H,18,19). The van der Waals surface area contributed by atoms with Gasteiger partial charge in [-0.1, -0.05) is 6.08 Å². The third-order valence-corrected chi connectivity index (χ3v) is 3.04. The van der Waals surface area contributed by atoms with Crippen molar-refractivity contribution in [2.24, 2.45) is 0 Å². The maximum atomic E-state index is 12.2. The van der Waals surface area contributed by atoms with Gasteiger partial charge in [0.15, 0.2) is 11.5 Å². The predicted molar refractivity (Wildman–Crippen MR) is 82.6 cm³/mol. The minimum absolute atomic E-state index is 0.140. The molecule has 0 aromatic heterocycles. The molecule has 0 bridgehead atoms. The molecule has 0 aliphatic rings. The van der Waals surface area contributed by atoms with Crippen LogP contribution in [0.15, 0.2) is 24.8 Å². The monoisotopic (exact) mass is 307 g/mol. The van der Waals surface area contributed by atoms with Gasteiger partial charge in [0, 0.05) is 17.2 Å². The molecule has 1 aromatic carbocycles. The van der Waals surface area contributed by atoms with Gasteiger partial charge in [-0.3, -0.25) is 9.59 Å². The fourth-order valence-corrected chi connectivity index (χ4v) is 2.10. The van der Waals surface area contributed by atoms with Gasteiger partial charge in [0.25, 0.3) is 5.91 Å². The molecule has 2 N–H and O–H groups in total. The molecule has 1 atom stereocenters. The van der Waals surface area contributed by atoms with Crippen molar-refractivity contribution in [3.05, 3.63) is 35.9 Å². The maximum absolute atomic E-state index is 12.2. The van der Waals surface area contributed by atoms with Crippen molar-refractivity contribution in [2.75, 3.05) is 14.2 Å². The first-order valence-corrected chi connectivity index (χ1v) is 6.81. The molecular weight excluding hydrogens is 286 g/mol. The summed E-state index contributed by atoms with van der Waals surface area (Å²) in [6.07, 6.45) is 2.08. The zero-order valence-corrected chi connectivity index (χ0v) is 13.0. The van der Waals surface area contributed by atoms with Crippen molar-refractivity contribution in [3.8, 4) is 11.5 Å². The second kappa shape index (κ2) is 8.07. The Hall–Kier alpha value is -2.50. The van der Waals surface area contributed by atoms with Crippen LogP contribution in [0.2, 0.25) is 0 Å². The summed E-state index contributed by atoms with van der Waals surface area (Å²) in [6, 6.07) is 2.78. The van der Waals surface area contributed by atoms with Gasteiger partial charge in [0.05, 0.1) is 20.6 Å². The number of hydrogen-bond donors (Lipinski definition) is 2. The zero-order chi connectivity index (χ0) is 16.7. The van der Waals surface area contributed by atoms with Crippen molar-refractivity contribution in [1.82, 2.24) is 5.32 Å². The molecule has 6 nitrogen and oxygen atoms in total. The van der Waals surface area contributed by atoms with E-state index in [1.165, 1.54) is 14.2 Å². The molecule has 1 aromatic rings. The smallest absolute Gasteiger partial charge is 0.305 e. The van der Waals surface area contributed by atoms with E-state index in [-0.39, 0.29) is 12.3 Å². The molecule has 0 spiro atoms. The van der Waals surface area contributed by atoms with E-state index in [0.29, 0.717) is 23.5 Å². The summed E-state index contributed by atoms with van der Waals surface area (Å²) < 4.78 is 10.6. The van der Waals surface area contributed by atoms with Gasteiger partial charge in [0.2, 0.25) is 0 Å². The van der Waals surface area contributed by atoms with Gasteiger partial charge in [-0.15, -0.1) is 6.58 Å². The molecule has 0 heterocycles. The second-order valence-corrected chi connectivity index (χ2v) is 4.84. The minimum atomic E-state index is -0.965.